The predicted molar refractivity (Wildman–Crippen MR) is 50.8 cm³/mol. The van der Waals surface area contributed by atoms with Crippen LogP contribution in [-0.4, -0.2) is 11.7 Å². The molecule has 1 aromatic rings. The van der Waals surface area contributed by atoms with Gasteiger partial charge >= 0.3 is 0 Å². The van der Waals surface area contributed by atoms with Crippen LogP contribution in [-0.2, 0) is 0 Å². The molecule has 13 heavy (non-hydrogen) atoms. The van der Waals surface area contributed by atoms with Gasteiger partial charge in [-0.3, -0.25) is 0 Å². The second-order valence-electron chi connectivity index (χ2n) is 4.04. The lowest BCUT2D eigenvalue weighted by Crippen LogP contribution is -2.24. The molecule has 2 unspecified atom stereocenters. The van der Waals surface area contributed by atoms with E-state index in [0.29, 0.717) is 17.7 Å². The van der Waals surface area contributed by atoms with Crippen LogP contribution in [0.4, 0.5) is 0 Å². The third-order valence-electron chi connectivity index (χ3n) is 3.29. The Kier molecular flexibility index (Phi) is 1.41. The monoisotopic (exact) mass is 175 g/mol. The Hall–Kier alpha value is -1.02. The molecule has 1 fully saturated rings. The van der Waals surface area contributed by atoms with Crippen molar-refractivity contribution in [3.63, 3.8) is 0 Å². The van der Waals surface area contributed by atoms with Crippen molar-refractivity contribution in [1.82, 2.24) is 5.32 Å². The van der Waals surface area contributed by atoms with Gasteiger partial charge in [0.2, 0.25) is 0 Å². The Labute approximate surface area is 77.6 Å². The van der Waals surface area contributed by atoms with Crippen LogP contribution < -0.4 is 5.32 Å². The van der Waals surface area contributed by atoms with Crippen LogP contribution in [0.3, 0.4) is 0 Å². The first-order valence-electron chi connectivity index (χ1n) is 4.91. The van der Waals surface area contributed by atoms with Crippen LogP contribution in [0.1, 0.15) is 35.9 Å². The fourth-order valence-corrected chi connectivity index (χ4v) is 2.67. The van der Waals surface area contributed by atoms with E-state index in [0.717, 1.165) is 6.54 Å². The predicted octanol–water partition coefficient (Wildman–Crippen LogP) is 1.91. The molecule has 2 N–H and O–H groups in total. The molecule has 2 nitrogen and oxygen atoms in total. The quantitative estimate of drug-likeness (QED) is 0.631. The minimum absolute atomic E-state index is 0.409. The highest BCUT2D eigenvalue weighted by atomic mass is 16.3. The SMILES string of the molecule is Oc1ccc2c(c1)C1CCNC2C1. The van der Waals surface area contributed by atoms with E-state index >= 15 is 0 Å². The Balaban J connectivity index is 2.15. The third kappa shape index (κ3) is 0.985. The molecule has 2 aliphatic rings. The molecule has 2 heteroatoms. The van der Waals surface area contributed by atoms with Gasteiger partial charge in [-0.25, -0.2) is 0 Å². The number of phenols is 1. The van der Waals surface area contributed by atoms with Crippen molar-refractivity contribution in [2.75, 3.05) is 6.54 Å². The maximum absolute atomic E-state index is 9.40. The number of fused-ring (bicyclic) bond motifs is 5. The summed E-state index contributed by atoms with van der Waals surface area (Å²) < 4.78 is 0. The summed E-state index contributed by atoms with van der Waals surface area (Å²) in [5.74, 6) is 1.10. The number of rotatable bonds is 0. The zero-order chi connectivity index (χ0) is 8.84. The van der Waals surface area contributed by atoms with Gasteiger partial charge in [0.05, 0.1) is 0 Å². The Morgan fingerprint density at radius 3 is 3.15 bits per heavy atom. The fraction of sp³-hybridized carbons (Fsp3) is 0.455. The van der Waals surface area contributed by atoms with Gasteiger partial charge in [-0.1, -0.05) is 6.07 Å². The fourth-order valence-electron chi connectivity index (χ4n) is 2.67. The van der Waals surface area contributed by atoms with E-state index in [2.05, 4.69) is 11.4 Å². The van der Waals surface area contributed by atoms with Crippen LogP contribution >= 0.6 is 0 Å². The lowest BCUT2D eigenvalue weighted by atomic mass is 9.96. The first-order chi connectivity index (χ1) is 6.34. The number of phenolic OH excluding ortho intramolecular Hbond substituents is 1. The van der Waals surface area contributed by atoms with Gasteiger partial charge in [-0.2, -0.15) is 0 Å². The molecular weight excluding hydrogens is 162 g/mol. The van der Waals surface area contributed by atoms with Gasteiger partial charge in [-0.05, 0) is 48.6 Å². The van der Waals surface area contributed by atoms with Crippen LogP contribution in [0.25, 0.3) is 0 Å². The first kappa shape index (κ1) is 7.39. The van der Waals surface area contributed by atoms with Crippen LogP contribution in [0.15, 0.2) is 18.2 Å². The minimum atomic E-state index is 0.409. The molecule has 1 aromatic carbocycles. The summed E-state index contributed by atoms with van der Waals surface area (Å²) in [4.78, 5) is 0. The summed E-state index contributed by atoms with van der Waals surface area (Å²) in [6, 6.07) is 6.34. The van der Waals surface area contributed by atoms with Crippen molar-refractivity contribution in [3.05, 3.63) is 29.3 Å². The number of aromatic hydroxyl groups is 1. The van der Waals surface area contributed by atoms with Gasteiger partial charge in [-0.15, -0.1) is 0 Å². The highest BCUT2D eigenvalue weighted by Gasteiger charge is 2.33. The second-order valence-corrected chi connectivity index (χ2v) is 4.04. The molecule has 0 amide bonds. The van der Waals surface area contributed by atoms with Crippen LogP contribution in [0.2, 0.25) is 0 Å². The summed E-state index contributed by atoms with van der Waals surface area (Å²) in [5, 5.41) is 12.9. The van der Waals surface area contributed by atoms with Crippen LogP contribution in [0, 0.1) is 0 Å². The zero-order valence-corrected chi connectivity index (χ0v) is 7.46. The van der Waals surface area contributed by atoms with E-state index in [-0.39, 0.29) is 0 Å². The molecular formula is C11H13NO. The van der Waals surface area contributed by atoms with E-state index in [1.165, 1.54) is 24.0 Å². The molecule has 2 bridgehead atoms. The molecule has 1 heterocycles. The summed E-state index contributed by atoms with van der Waals surface area (Å²) in [6.07, 6.45) is 2.44. The number of benzene rings is 1. The average molecular weight is 175 g/mol. The lowest BCUT2D eigenvalue weighted by Gasteiger charge is -2.20. The van der Waals surface area contributed by atoms with Crippen LogP contribution in [0.5, 0.6) is 5.75 Å². The van der Waals surface area contributed by atoms with E-state index < -0.39 is 0 Å². The highest BCUT2D eigenvalue weighted by molar-refractivity contribution is 5.43. The van der Waals surface area contributed by atoms with E-state index in [1.807, 2.05) is 6.07 Å². The molecule has 0 radical (unpaired) electrons. The molecule has 0 saturated carbocycles. The molecule has 1 aliphatic carbocycles. The summed E-state index contributed by atoms with van der Waals surface area (Å²) in [7, 11) is 0. The smallest absolute Gasteiger partial charge is 0.115 e. The van der Waals surface area contributed by atoms with Crippen molar-refractivity contribution in [1.29, 1.82) is 0 Å². The van der Waals surface area contributed by atoms with Gasteiger partial charge in [0, 0.05) is 6.04 Å². The Morgan fingerprint density at radius 1 is 1.31 bits per heavy atom. The highest BCUT2D eigenvalue weighted by Crippen LogP contribution is 2.45. The number of hydrogen-bond acceptors (Lipinski definition) is 2. The Morgan fingerprint density at radius 2 is 2.23 bits per heavy atom. The number of nitrogens with one attached hydrogen (secondary N) is 1. The molecule has 1 saturated heterocycles. The van der Waals surface area contributed by atoms with Crippen molar-refractivity contribution < 1.29 is 5.11 Å². The number of hydrogen-bond donors (Lipinski definition) is 2. The minimum Gasteiger partial charge on any atom is -0.508 e. The zero-order valence-electron chi connectivity index (χ0n) is 7.46. The van der Waals surface area contributed by atoms with Crippen molar-refractivity contribution in [2.24, 2.45) is 0 Å². The molecule has 3 rings (SSSR count). The molecule has 2 atom stereocenters. The lowest BCUT2D eigenvalue weighted by molar-refractivity contribution is 0.409. The number of piperidine rings is 1. The Bertz CT molecular complexity index is 348. The van der Waals surface area contributed by atoms with Crippen molar-refractivity contribution in [3.8, 4) is 5.75 Å². The van der Waals surface area contributed by atoms with Gasteiger partial charge in [0.25, 0.3) is 0 Å². The first-order valence-corrected chi connectivity index (χ1v) is 4.91. The standard InChI is InChI=1S/C11H13NO/c13-8-1-2-9-10(6-8)7-3-4-12-11(9)5-7/h1-2,6-7,11-13H,3-5H2. The molecule has 0 spiro atoms. The van der Waals surface area contributed by atoms with Gasteiger partial charge in [0.15, 0.2) is 0 Å². The second kappa shape index (κ2) is 2.48. The summed E-state index contributed by atoms with van der Waals surface area (Å²) in [5.41, 5.74) is 2.77. The maximum Gasteiger partial charge on any atom is 0.115 e. The van der Waals surface area contributed by atoms with Crippen molar-refractivity contribution in [2.45, 2.75) is 24.8 Å². The third-order valence-corrected chi connectivity index (χ3v) is 3.29. The summed E-state index contributed by atoms with van der Waals surface area (Å²) in [6.45, 7) is 1.12. The molecule has 68 valence electrons. The normalized spacial score (nSPS) is 30.2. The van der Waals surface area contributed by atoms with Crippen molar-refractivity contribution >= 4 is 0 Å². The van der Waals surface area contributed by atoms with Gasteiger partial charge in [0.1, 0.15) is 5.75 Å². The maximum atomic E-state index is 9.40. The van der Waals surface area contributed by atoms with E-state index in [9.17, 15) is 5.11 Å². The van der Waals surface area contributed by atoms with E-state index in [1.54, 1.807) is 6.07 Å². The van der Waals surface area contributed by atoms with E-state index in [4.69, 9.17) is 0 Å². The largest absolute Gasteiger partial charge is 0.508 e. The van der Waals surface area contributed by atoms with Gasteiger partial charge < -0.3 is 10.4 Å². The summed E-state index contributed by atoms with van der Waals surface area (Å²) >= 11 is 0. The topological polar surface area (TPSA) is 32.3 Å². The molecule has 0 aromatic heterocycles. The molecule has 1 aliphatic heterocycles. The average Bonchev–Trinajstić information content (AvgIpc) is 2.39.